The second kappa shape index (κ2) is 10.5. The van der Waals surface area contributed by atoms with Gasteiger partial charge in [0, 0.05) is 11.4 Å². The van der Waals surface area contributed by atoms with Crippen molar-refractivity contribution in [3.8, 4) is 0 Å². The number of benzene rings is 2. The van der Waals surface area contributed by atoms with Gasteiger partial charge in [0.2, 0.25) is 0 Å². The second-order valence-electron chi connectivity index (χ2n) is 8.93. The molecule has 0 aliphatic heterocycles. The van der Waals surface area contributed by atoms with Gasteiger partial charge < -0.3 is 20.6 Å². The molecule has 3 aromatic rings. The Morgan fingerprint density at radius 3 is 2.47 bits per heavy atom. The highest BCUT2D eigenvalue weighted by Crippen LogP contribution is 2.46. The topological polar surface area (TPSA) is 115 Å². The molecule has 0 bridgehead atoms. The lowest BCUT2D eigenvalue weighted by molar-refractivity contribution is -0.156. The van der Waals surface area contributed by atoms with Gasteiger partial charge in [0.15, 0.2) is 0 Å². The lowest BCUT2D eigenvalue weighted by Gasteiger charge is -2.33. The number of carbonyl (C=O) groups excluding carboxylic acids is 1. The summed E-state index contributed by atoms with van der Waals surface area (Å²) in [5.74, 6) is 5.35. The quantitative estimate of drug-likeness (QED) is 0.179. The molecule has 1 atom stereocenters. The molecule has 0 aliphatic carbocycles. The first kappa shape index (κ1) is 25.7. The summed E-state index contributed by atoms with van der Waals surface area (Å²) in [7, 11) is 0. The van der Waals surface area contributed by atoms with Gasteiger partial charge in [-0.1, -0.05) is 36.4 Å². The molecular weight excluding hydrogens is 448 g/mol. The first-order valence-corrected chi connectivity index (χ1v) is 12.1. The Morgan fingerprint density at radius 2 is 1.88 bits per heavy atom. The SMILES string of the molecule is CCN(N)c1ccc(C(c2nc(CO)c(C)s2)C(C)(C)C(=O)OCc2ccccc2)c(C)c1N. The number of thiazole rings is 1. The average Bonchev–Trinajstić information content (AvgIpc) is 3.20. The number of anilines is 2. The van der Waals surface area contributed by atoms with Crippen LogP contribution in [0.1, 0.15) is 59.0 Å². The molecule has 34 heavy (non-hydrogen) atoms. The maximum atomic E-state index is 13.5. The Morgan fingerprint density at radius 1 is 1.21 bits per heavy atom. The number of nitrogen functional groups attached to an aromatic ring is 1. The van der Waals surface area contributed by atoms with E-state index in [1.807, 2.05) is 77.1 Å². The molecule has 2 aromatic carbocycles. The predicted molar refractivity (Wildman–Crippen MR) is 137 cm³/mol. The van der Waals surface area contributed by atoms with Crippen molar-refractivity contribution in [2.45, 2.75) is 53.8 Å². The molecule has 5 N–H and O–H groups in total. The molecule has 182 valence electrons. The minimum atomic E-state index is -0.961. The largest absolute Gasteiger partial charge is 0.460 e. The highest BCUT2D eigenvalue weighted by molar-refractivity contribution is 7.11. The summed E-state index contributed by atoms with van der Waals surface area (Å²) in [6.45, 7) is 10.2. The normalized spacial score (nSPS) is 12.4. The number of aliphatic hydroxyl groups is 1. The summed E-state index contributed by atoms with van der Waals surface area (Å²) in [6, 6.07) is 13.4. The van der Waals surface area contributed by atoms with Gasteiger partial charge >= 0.3 is 5.97 Å². The van der Waals surface area contributed by atoms with Crippen LogP contribution in [0, 0.1) is 19.3 Å². The number of aliphatic hydroxyl groups excluding tert-OH is 1. The summed E-state index contributed by atoms with van der Waals surface area (Å²) in [5, 5.41) is 12.1. The van der Waals surface area contributed by atoms with Gasteiger partial charge in [-0.3, -0.25) is 4.79 Å². The van der Waals surface area contributed by atoms with Gasteiger partial charge in [-0.05, 0) is 57.4 Å². The molecule has 1 aromatic heterocycles. The number of rotatable bonds is 9. The van der Waals surface area contributed by atoms with Crippen molar-refractivity contribution >= 4 is 28.7 Å². The maximum Gasteiger partial charge on any atom is 0.312 e. The minimum absolute atomic E-state index is 0.160. The van der Waals surface area contributed by atoms with Crippen LogP contribution in [-0.2, 0) is 22.7 Å². The van der Waals surface area contributed by atoms with Crippen molar-refractivity contribution in [1.82, 2.24) is 4.98 Å². The highest BCUT2D eigenvalue weighted by atomic mass is 32.1. The van der Waals surface area contributed by atoms with Gasteiger partial charge in [-0.2, -0.15) is 0 Å². The minimum Gasteiger partial charge on any atom is -0.460 e. The Balaban J connectivity index is 2.07. The summed E-state index contributed by atoms with van der Waals surface area (Å²) >= 11 is 1.48. The van der Waals surface area contributed by atoms with Crippen LogP contribution in [0.5, 0.6) is 0 Å². The summed E-state index contributed by atoms with van der Waals surface area (Å²) < 4.78 is 5.76. The first-order chi connectivity index (χ1) is 16.1. The fraction of sp³-hybridized carbons (Fsp3) is 0.385. The monoisotopic (exact) mass is 482 g/mol. The smallest absolute Gasteiger partial charge is 0.312 e. The van der Waals surface area contributed by atoms with Crippen LogP contribution < -0.4 is 16.6 Å². The van der Waals surface area contributed by atoms with Crippen LogP contribution >= 0.6 is 11.3 Å². The average molecular weight is 483 g/mol. The zero-order chi connectivity index (χ0) is 25.0. The molecule has 0 spiro atoms. The number of ether oxygens (including phenoxy) is 1. The van der Waals surface area contributed by atoms with E-state index in [1.165, 1.54) is 11.3 Å². The molecule has 0 aliphatic rings. The highest BCUT2D eigenvalue weighted by Gasteiger charge is 2.43. The number of carbonyl (C=O) groups is 1. The number of nitrogens with two attached hydrogens (primary N) is 2. The van der Waals surface area contributed by atoms with E-state index >= 15 is 0 Å². The Kier molecular flexibility index (Phi) is 7.97. The van der Waals surface area contributed by atoms with E-state index in [4.69, 9.17) is 21.3 Å². The molecule has 0 radical (unpaired) electrons. The van der Waals surface area contributed by atoms with Crippen LogP contribution in [0.4, 0.5) is 11.4 Å². The van der Waals surface area contributed by atoms with Gasteiger partial charge in [0.25, 0.3) is 0 Å². The number of esters is 1. The van der Waals surface area contributed by atoms with E-state index in [1.54, 1.807) is 5.01 Å². The molecule has 0 amide bonds. The first-order valence-electron chi connectivity index (χ1n) is 11.3. The molecule has 8 heteroatoms. The van der Waals surface area contributed by atoms with Crippen LogP contribution in [0.25, 0.3) is 0 Å². The van der Waals surface area contributed by atoms with Crippen molar-refractivity contribution in [1.29, 1.82) is 0 Å². The van der Waals surface area contributed by atoms with E-state index in [0.717, 1.165) is 32.3 Å². The van der Waals surface area contributed by atoms with E-state index < -0.39 is 11.3 Å². The van der Waals surface area contributed by atoms with Gasteiger partial charge in [0.05, 0.1) is 35.0 Å². The third-order valence-electron chi connectivity index (χ3n) is 6.26. The Labute approximate surface area is 205 Å². The van der Waals surface area contributed by atoms with Crippen molar-refractivity contribution in [3.63, 3.8) is 0 Å². The number of hydrogen-bond donors (Lipinski definition) is 3. The molecule has 0 fully saturated rings. The predicted octanol–water partition coefficient (Wildman–Crippen LogP) is 4.44. The van der Waals surface area contributed by atoms with Gasteiger partial charge in [-0.25, -0.2) is 10.8 Å². The molecule has 1 unspecified atom stereocenters. The van der Waals surface area contributed by atoms with Crippen LogP contribution in [0.3, 0.4) is 0 Å². The molecule has 7 nitrogen and oxygen atoms in total. The zero-order valence-corrected chi connectivity index (χ0v) is 21.3. The third-order valence-corrected chi connectivity index (χ3v) is 7.34. The molecular formula is C26H34N4O3S. The fourth-order valence-electron chi connectivity index (χ4n) is 4.04. The Bertz CT molecular complexity index is 1140. The van der Waals surface area contributed by atoms with Crippen LogP contribution in [-0.4, -0.2) is 22.6 Å². The fourth-order valence-corrected chi connectivity index (χ4v) is 5.28. The van der Waals surface area contributed by atoms with Crippen LogP contribution in [0.15, 0.2) is 42.5 Å². The number of nitrogens with zero attached hydrogens (tertiary/aromatic N) is 2. The lowest BCUT2D eigenvalue weighted by Crippen LogP contribution is -2.35. The third kappa shape index (κ3) is 5.09. The number of hydrazine groups is 1. The lowest BCUT2D eigenvalue weighted by atomic mass is 9.73. The summed E-state index contributed by atoms with van der Waals surface area (Å²) in [5.41, 5.74) is 10.1. The maximum absolute atomic E-state index is 13.5. The molecule has 1 heterocycles. The number of aromatic nitrogens is 1. The van der Waals surface area contributed by atoms with E-state index in [9.17, 15) is 9.90 Å². The summed E-state index contributed by atoms with van der Waals surface area (Å²) in [4.78, 5) is 19.1. The summed E-state index contributed by atoms with van der Waals surface area (Å²) in [6.07, 6.45) is 0. The Hall–Kier alpha value is -2.94. The van der Waals surface area contributed by atoms with Crippen molar-refractivity contribution in [2.75, 3.05) is 17.3 Å². The van der Waals surface area contributed by atoms with Crippen molar-refractivity contribution in [3.05, 3.63) is 74.7 Å². The van der Waals surface area contributed by atoms with E-state index in [0.29, 0.717) is 17.9 Å². The van der Waals surface area contributed by atoms with E-state index in [2.05, 4.69) is 0 Å². The number of aryl methyl sites for hydroxylation is 1. The molecule has 0 saturated heterocycles. The van der Waals surface area contributed by atoms with Gasteiger partial charge in [-0.15, -0.1) is 11.3 Å². The van der Waals surface area contributed by atoms with E-state index in [-0.39, 0.29) is 19.2 Å². The second-order valence-corrected chi connectivity index (χ2v) is 10.2. The molecule has 3 rings (SSSR count). The molecule has 0 saturated carbocycles. The van der Waals surface area contributed by atoms with Crippen molar-refractivity contribution in [2.24, 2.45) is 11.3 Å². The zero-order valence-electron chi connectivity index (χ0n) is 20.5. The standard InChI is InChI=1S/C26H34N4O3S/c1-6-30(28)21-13-12-19(16(2)23(21)27)22(24-29-20(14-31)17(3)34-24)26(4,5)25(32)33-15-18-10-8-7-9-11-18/h7-13,22,31H,6,14-15,27-28H2,1-5H3. The van der Waals surface area contributed by atoms with Crippen LogP contribution in [0.2, 0.25) is 0 Å². The van der Waals surface area contributed by atoms with Gasteiger partial charge in [0.1, 0.15) is 11.6 Å². The van der Waals surface area contributed by atoms with Crippen molar-refractivity contribution < 1.29 is 14.6 Å². The number of hydrogen-bond acceptors (Lipinski definition) is 8.